The SMILES string of the molecule is Cc1ccc(C(=O)O)cc1-c1ccc(C[C@H](CC(=O)C2CCC(CNC(=O)OC(C)(C)C)CC2)C(=O)Nc2ccc(-c3n[nH]c(C(F)(F)C(F)(F)C(=O)O)n3)cc2)cc1. The third-order valence-electron chi connectivity index (χ3n) is 10.1. The zero-order chi connectivity index (χ0) is 43.3. The van der Waals surface area contributed by atoms with Crippen molar-refractivity contribution in [2.75, 3.05) is 11.9 Å². The number of amides is 2. The van der Waals surface area contributed by atoms with Crippen molar-refractivity contribution in [3.63, 3.8) is 0 Å². The third-order valence-corrected chi connectivity index (χ3v) is 10.1. The molecule has 1 fully saturated rings. The summed E-state index contributed by atoms with van der Waals surface area (Å²) in [7, 11) is 0. The number of Topliss-reactive ketones (excluding diaryl/α,β-unsaturated/α-hetero) is 1. The average Bonchev–Trinajstić information content (AvgIpc) is 3.68. The van der Waals surface area contributed by atoms with E-state index < -0.39 is 59.0 Å². The lowest BCUT2D eigenvalue weighted by Crippen LogP contribution is -2.45. The van der Waals surface area contributed by atoms with Gasteiger partial charge in [0.25, 0.3) is 0 Å². The lowest BCUT2D eigenvalue weighted by molar-refractivity contribution is -0.231. The maximum absolute atomic E-state index is 14.3. The molecule has 1 aromatic heterocycles. The van der Waals surface area contributed by atoms with Gasteiger partial charge in [-0.3, -0.25) is 14.7 Å². The van der Waals surface area contributed by atoms with Crippen LogP contribution < -0.4 is 10.6 Å². The second-order valence-corrected chi connectivity index (χ2v) is 15.7. The number of carboxylic acid groups (broad SMARTS) is 2. The van der Waals surface area contributed by atoms with Gasteiger partial charge in [-0.25, -0.2) is 19.4 Å². The number of aromatic amines is 1. The number of ether oxygens (including phenoxy) is 1. The van der Waals surface area contributed by atoms with Gasteiger partial charge in [-0.05, 0) is 124 Å². The van der Waals surface area contributed by atoms with E-state index in [9.17, 15) is 46.6 Å². The summed E-state index contributed by atoms with van der Waals surface area (Å²) < 4.78 is 61.2. The molecule has 4 aromatic rings. The molecule has 0 radical (unpaired) electrons. The number of benzene rings is 3. The summed E-state index contributed by atoms with van der Waals surface area (Å²) >= 11 is 0. The number of halogens is 4. The van der Waals surface area contributed by atoms with Gasteiger partial charge in [0.2, 0.25) is 11.7 Å². The minimum atomic E-state index is -5.45. The molecule has 1 aliphatic carbocycles. The van der Waals surface area contributed by atoms with E-state index in [0.717, 1.165) is 22.3 Å². The number of hydrogen-bond acceptors (Lipinski definition) is 8. The Morgan fingerprint density at radius 1 is 0.881 bits per heavy atom. The van der Waals surface area contributed by atoms with Crippen LogP contribution in [0.1, 0.15) is 80.2 Å². The number of aromatic nitrogens is 3. The number of rotatable bonds is 15. The molecular weight excluding hydrogens is 778 g/mol. The number of nitrogens with one attached hydrogen (secondary N) is 3. The van der Waals surface area contributed by atoms with Gasteiger partial charge in [0.05, 0.1) is 5.56 Å². The summed E-state index contributed by atoms with van der Waals surface area (Å²) in [4.78, 5) is 65.5. The topological polar surface area (TPSA) is 201 Å². The molecule has 314 valence electrons. The second kappa shape index (κ2) is 17.8. The van der Waals surface area contributed by atoms with E-state index in [-0.39, 0.29) is 47.3 Å². The number of hydrogen-bond donors (Lipinski definition) is 5. The predicted octanol–water partition coefficient (Wildman–Crippen LogP) is 8.04. The number of aromatic carboxylic acids is 1. The Labute approximate surface area is 337 Å². The molecule has 5 N–H and O–H groups in total. The largest absolute Gasteiger partial charge is 0.478 e. The zero-order valence-corrected chi connectivity index (χ0v) is 32.8. The summed E-state index contributed by atoms with van der Waals surface area (Å²) in [5.74, 6) is -18.3. The van der Waals surface area contributed by atoms with Crippen LogP contribution in [0.4, 0.5) is 28.0 Å². The van der Waals surface area contributed by atoms with E-state index in [1.54, 1.807) is 38.0 Å². The minimum absolute atomic E-state index is 0.0773. The first kappa shape index (κ1) is 44.0. The first-order chi connectivity index (χ1) is 27.6. The molecule has 0 aliphatic heterocycles. The molecule has 1 saturated carbocycles. The standard InChI is InChI=1S/C42H45F4N5O8/c1-23-5-10-29(36(54)55)20-32(23)26-11-6-24(7-12-26)19-30(21-33(52)27-13-8-25(9-14-27)22-47-39(58)59-40(2,3)4)35(53)48-31-17-15-28(16-18-31)34-49-37(51-50-34)41(43,44)42(45,46)38(56)57/h5-7,10-12,15-18,20,25,27,30H,8-9,13-14,19,21-22H2,1-4H3,(H,47,58)(H,48,53)(H,54,55)(H,56,57)(H,49,50,51)/t25?,27?,30-/m1/s1. The van der Waals surface area contributed by atoms with Gasteiger partial charge in [0, 0.05) is 36.1 Å². The molecule has 0 unspecified atom stereocenters. The van der Waals surface area contributed by atoms with Crippen LogP contribution in [-0.2, 0) is 31.5 Å². The van der Waals surface area contributed by atoms with Crippen LogP contribution in [0.15, 0.2) is 66.7 Å². The van der Waals surface area contributed by atoms with Crippen molar-refractivity contribution in [2.45, 2.75) is 83.7 Å². The number of ketones is 1. The number of alkyl halides is 4. The number of anilines is 1. The number of H-pyrrole nitrogens is 1. The highest BCUT2D eigenvalue weighted by Crippen LogP contribution is 2.42. The van der Waals surface area contributed by atoms with E-state index in [0.29, 0.717) is 32.2 Å². The van der Waals surface area contributed by atoms with E-state index in [2.05, 4.69) is 20.7 Å². The van der Waals surface area contributed by atoms with Crippen molar-refractivity contribution < 1.29 is 56.5 Å². The Balaban J connectivity index is 1.29. The van der Waals surface area contributed by atoms with Crippen molar-refractivity contribution in [3.05, 3.63) is 89.2 Å². The van der Waals surface area contributed by atoms with Crippen LogP contribution in [0.5, 0.6) is 0 Å². The number of carbonyl (C=O) groups is 5. The fourth-order valence-electron chi connectivity index (χ4n) is 6.83. The second-order valence-electron chi connectivity index (χ2n) is 15.7. The number of nitrogens with zero attached hydrogens (tertiary/aromatic N) is 2. The summed E-state index contributed by atoms with van der Waals surface area (Å²) in [6.45, 7) is 7.61. The molecular formula is C42H45F4N5O8. The first-order valence-electron chi connectivity index (χ1n) is 18.9. The van der Waals surface area contributed by atoms with E-state index in [4.69, 9.17) is 9.84 Å². The highest BCUT2D eigenvalue weighted by molar-refractivity contribution is 5.96. The van der Waals surface area contributed by atoms with Gasteiger partial charge in [0.1, 0.15) is 11.4 Å². The summed E-state index contributed by atoms with van der Waals surface area (Å²) in [6, 6.07) is 17.6. The first-order valence-corrected chi connectivity index (χ1v) is 18.9. The molecule has 0 bridgehead atoms. The number of aliphatic carboxylic acids is 1. The zero-order valence-electron chi connectivity index (χ0n) is 32.8. The minimum Gasteiger partial charge on any atom is -0.478 e. The van der Waals surface area contributed by atoms with E-state index in [1.165, 1.54) is 30.3 Å². The van der Waals surface area contributed by atoms with Crippen LogP contribution in [0.3, 0.4) is 0 Å². The Morgan fingerprint density at radius 3 is 2.10 bits per heavy atom. The average molecular weight is 824 g/mol. The number of carboxylic acids is 2. The molecule has 2 amide bonds. The smallest absolute Gasteiger partial charge is 0.411 e. The Hall–Kier alpha value is -6.13. The van der Waals surface area contributed by atoms with Gasteiger partial charge in [0.15, 0.2) is 5.82 Å². The van der Waals surface area contributed by atoms with Gasteiger partial charge in [-0.15, -0.1) is 0 Å². The van der Waals surface area contributed by atoms with Crippen molar-refractivity contribution in [2.24, 2.45) is 17.8 Å². The Morgan fingerprint density at radius 2 is 1.51 bits per heavy atom. The molecule has 59 heavy (non-hydrogen) atoms. The quantitative estimate of drug-likeness (QED) is 0.0731. The fourth-order valence-corrected chi connectivity index (χ4v) is 6.83. The number of carbonyl (C=O) groups excluding carboxylic acids is 3. The maximum Gasteiger partial charge on any atom is 0.411 e. The third kappa shape index (κ3) is 10.9. The van der Waals surface area contributed by atoms with Crippen molar-refractivity contribution >= 4 is 35.4 Å². The molecule has 1 aliphatic rings. The molecule has 5 rings (SSSR count). The number of alkyl carbamates (subject to hydrolysis) is 1. The predicted molar refractivity (Wildman–Crippen MR) is 207 cm³/mol. The van der Waals surface area contributed by atoms with Crippen LogP contribution in [0.2, 0.25) is 0 Å². The normalized spacial score (nSPS) is 16.5. The lowest BCUT2D eigenvalue weighted by atomic mass is 9.77. The van der Waals surface area contributed by atoms with Gasteiger partial charge < -0.3 is 25.6 Å². The molecule has 1 heterocycles. The van der Waals surface area contributed by atoms with Crippen molar-refractivity contribution in [1.82, 2.24) is 20.5 Å². The Bertz CT molecular complexity index is 2180. The summed E-state index contributed by atoms with van der Waals surface area (Å²) in [5, 5.41) is 28.9. The molecule has 17 heteroatoms. The maximum atomic E-state index is 14.3. The van der Waals surface area contributed by atoms with Gasteiger partial charge >= 0.3 is 29.9 Å². The molecule has 13 nitrogen and oxygen atoms in total. The van der Waals surface area contributed by atoms with E-state index >= 15 is 0 Å². The van der Waals surface area contributed by atoms with Crippen molar-refractivity contribution in [3.8, 4) is 22.5 Å². The molecule has 3 aromatic carbocycles. The van der Waals surface area contributed by atoms with Crippen LogP contribution in [-0.4, -0.2) is 73.2 Å². The summed E-state index contributed by atoms with van der Waals surface area (Å²) in [5.41, 5.74) is 2.97. The highest BCUT2D eigenvalue weighted by atomic mass is 19.3. The van der Waals surface area contributed by atoms with Gasteiger partial charge in [-0.1, -0.05) is 30.3 Å². The fraction of sp³-hybridized carbons (Fsp3) is 0.405. The summed E-state index contributed by atoms with van der Waals surface area (Å²) in [6.07, 6.45) is 2.16. The Kier molecular flexibility index (Phi) is 13.3. The highest BCUT2D eigenvalue weighted by Gasteiger charge is 2.65. The molecule has 1 atom stereocenters. The van der Waals surface area contributed by atoms with E-state index in [1.807, 2.05) is 31.2 Å². The lowest BCUT2D eigenvalue weighted by Gasteiger charge is -2.29. The van der Waals surface area contributed by atoms with Gasteiger partial charge in [-0.2, -0.15) is 22.7 Å². The van der Waals surface area contributed by atoms with Crippen LogP contribution in [0, 0.1) is 24.7 Å². The van der Waals surface area contributed by atoms with Crippen LogP contribution in [0.25, 0.3) is 22.5 Å². The number of aryl methyl sites for hydroxylation is 1. The molecule has 0 saturated heterocycles. The van der Waals surface area contributed by atoms with Crippen molar-refractivity contribution in [1.29, 1.82) is 0 Å². The molecule has 0 spiro atoms. The van der Waals surface area contributed by atoms with Crippen LogP contribution >= 0.6 is 0 Å². The monoisotopic (exact) mass is 823 g/mol.